The van der Waals surface area contributed by atoms with Gasteiger partial charge in [0.1, 0.15) is 17.1 Å². The molecule has 176 valence electrons. The van der Waals surface area contributed by atoms with Crippen LogP contribution in [0.5, 0.6) is 5.75 Å². The molecule has 1 aromatic heterocycles. The van der Waals surface area contributed by atoms with Gasteiger partial charge in [0.05, 0.1) is 19.6 Å². The molecule has 1 heterocycles. The number of carboxylic acids is 1. The summed E-state index contributed by atoms with van der Waals surface area (Å²) in [6.45, 7) is 1.95. The molecule has 0 aliphatic heterocycles. The third kappa shape index (κ3) is 5.73. The second-order valence-electron chi connectivity index (χ2n) is 8.23. The first kappa shape index (κ1) is 23.7. The van der Waals surface area contributed by atoms with Crippen molar-refractivity contribution in [1.29, 1.82) is 0 Å². The van der Waals surface area contributed by atoms with E-state index >= 15 is 0 Å². The zero-order valence-electron chi connectivity index (χ0n) is 19.6. The lowest BCUT2D eigenvalue weighted by Crippen LogP contribution is -2.30. The first-order chi connectivity index (χ1) is 16.9. The van der Waals surface area contributed by atoms with E-state index < -0.39 is 17.9 Å². The van der Waals surface area contributed by atoms with Crippen LogP contribution in [0.25, 0.3) is 22.4 Å². The number of ether oxygens (including phenoxy) is 1. The molecule has 1 unspecified atom stereocenters. The van der Waals surface area contributed by atoms with Crippen LogP contribution in [0, 0.1) is 6.92 Å². The maximum absolute atomic E-state index is 13.1. The van der Waals surface area contributed by atoms with Crippen molar-refractivity contribution in [3.63, 3.8) is 0 Å². The fourth-order valence-electron chi connectivity index (χ4n) is 3.88. The van der Waals surface area contributed by atoms with Crippen LogP contribution < -0.4 is 10.1 Å². The van der Waals surface area contributed by atoms with E-state index in [4.69, 9.17) is 4.74 Å². The Hall–Kier alpha value is -4.45. The number of amides is 1. The standard InChI is InChI=1S/C29H26N2O4/c1-19-11-13-21(14-12-19)25(18-27(32)33)31-29(34)24-15-16-26(35-2)28(30-24)23-10-6-9-22(17-23)20-7-4-3-5-8-20/h3-17,25H,18H2,1-2H3,(H,31,34)(H,32,33). The third-order valence-electron chi connectivity index (χ3n) is 5.72. The Bertz CT molecular complexity index is 1330. The van der Waals surface area contributed by atoms with Gasteiger partial charge < -0.3 is 15.2 Å². The Balaban J connectivity index is 1.66. The minimum Gasteiger partial charge on any atom is -0.494 e. The fraction of sp³-hybridized carbons (Fsp3) is 0.138. The molecule has 3 aromatic carbocycles. The quantitative estimate of drug-likeness (QED) is 0.349. The highest BCUT2D eigenvalue weighted by atomic mass is 16.5. The minimum atomic E-state index is -1.00. The SMILES string of the molecule is COc1ccc(C(=O)NC(CC(=O)O)c2ccc(C)cc2)nc1-c1cccc(-c2ccccc2)c1. The number of carbonyl (C=O) groups excluding carboxylic acids is 1. The van der Waals surface area contributed by atoms with Crippen molar-refractivity contribution >= 4 is 11.9 Å². The third-order valence-corrected chi connectivity index (χ3v) is 5.72. The number of nitrogens with one attached hydrogen (secondary N) is 1. The number of rotatable bonds is 8. The van der Waals surface area contributed by atoms with Crippen LogP contribution in [0.15, 0.2) is 91.0 Å². The molecule has 35 heavy (non-hydrogen) atoms. The molecule has 0 saturated carbocycles. The number of nitrogens with zero attached hydrogens (tertiary/aromatic N) is 1. The summed E-state index contributed by atoms with van der Waals surface area (Å²) in [6, 6.07) is 27.9. The Kier molecular flexibility index (Phi) is 7.21. The molecule has 6 nitrogen and oxygen atoms in total. The zero-order valence-corrected chi connectivity index (χ0v) is 19.6. The average Bonchev–Trinajstić information content (AvgIpc) is 2.88. The van der Waals surface area contributed by atoms with Crippen LogP contribution in [-0.4, -0.2) is 29.1 Å². The van der Waals surface area contributed by atoms with Gasteiger partial charge in [-0.3, -0.25) is 9.59 Å². The number of benzene rings is 3. The Morgan fingerprint density at radius 3 is 2.26 bits per heavy atom. The van der Waals surface area contributed by atoms with Crippen LogP contribution in [0.3, 0.4) is 0 Å². The molecule has 0 aliphatic carbocycles. The molecule has 2 N–H and O–H groups in total. The van der Waals surface area contributed by atoms with E-state index in [9.17, 15) is 14.7 Å². The van der Waals surface area contributed by atoms with Gasteiger partial charge in [-0.05, 0) is 41.8 Å². The molecule has 1 atom stereocenters. The normalized spacial score (nSPS) is 11.5. The molecule has 6 heteroatoms. The lowest BCUT2D eigenvalue weighted by atomic mass is 10.0. The van der Waals surface area contributed by atoms with Crippen molar-refractivity contribution in [3.05, 3.63) is 108 Å². The van der Waals surface area contributed by atoms with E-state index in [0.717, 1.165) is 27.8 Å². The van der Waals surface area contributed by atoms with E-state index in [-0.39, 0.29) is 12.1 Å². The first-order valence-electron chi connectivity index (χ1n) is 11.2. The van der Waals surface area contributed by atoms with Crippen molar-refractivity contribution in [2.45, 2.75) is 19.4 Å². The van der Waals surface area contributed by atoms with Crippen molar-refractivity contribution in [1.82, 2.24) is 10.3 Å². The molecular weight excluding hydrogens is 440 g/mol. The summed E-state index contributed by atoms with van der Waals surface area (Å²) in [5.41, 5.74) is 5.36. The lowest BCUT2D eigenvalue weighted by molar-refractivity contribution is -0.137. The number of carbonyl (C=O) groups is 2. The molecule has 0 saturated heterocycles. The summed E-state index contributed by atoms with van der Waals surface area (Å²) in [5.74, 6) is -0.927. The Morgan fingerprint density at radius 2 is 1.57 bits per heavy atom. The highest BCUT2D eigenvalue weighted by Crippen LogP contribution is 2.31. The highest BCUT2D eigenvalue weighted by Gasteiger charge is 2.21. The molecule has 0 radical (unpaired) electrons. The number of pyridine rings is 1. The van der Waals surface area contributed by atoms with Crippen LogP contribution >= 0.6 is 0 Å². The predicted octanol–water partition coefficient (Wildman–Crippen LogP) is 5.68. The number of aliphatic carboxylic acids is 1. The van der Waals surface area contributed by atoms with Crippen LogP contribution in [0.4, 0.5) is 0 Å². The van der Waals surface area contributed by atoms with Gasteiger partial charge in [-0.15, -0.1) is 0 Å². The van der Waals surface area contributed by atoms with Gasteiger partial charge in [-0.1, -0.05) is 78.4 Å². The largest absolute Gasteiger partial charge is 0.494 e. The topological polar surface area (TPSA) is 88.5 Å². The van der Waals surface area contributed by atoms with Gasteiger partial charge in [0, 0.05) is 5.56 Å². The molecule has 0 fully saturated rings. The Morgan fingerprint density at radius 1 is 0.886 bits per heavy atom. The van der Waals surface area contributed by atoms with Gasteiger partial charge in [0.15, 0.2) is 0 Å². The number of carboxylic acid groups (broad SMARTS) is 1. The summed E-state index contributed by atoms with van der Waals surface area (Å²) < 4.78 is 5.52. The number of hydrogen-bond acceptors (Lipinski definition) is 4. The predicted molar refractivity (Wildman–Crippen MR) is 135 cm³/mol. The van der Waals surface area contributed by atoms with E-state index in [1.165, 1.54) is 0 Å². The first-order valence-corrected chi connectivity index (χ1v) is 11.2. The smallest absolute Gasteiger partial charge is 0.305 e. The lowest BCUT2D eigenvalue weighted by Gasteiger charge is -2.18. The van der Waals surface area contributed by atoms with Crippen LogP contribution in [-0.2, 0) is 4.79 Å². The summed E-state index contributed by atoms with van der Waals surface area (Å²) in [7, 11) is 1.56. The zero-order chi connectivity index (χ0) is 24.8. The second kappa shape index (κ2) is 10.7. The van der Waals surface area contributed by atoms with Gasteiger partial charge >= 0.3 is 5.97 Å². The molecule has 0 spiro atoms. The molecule has 1 amide bonds. The molecule has 4 rings (SSSR count). The second-order valence-corrected chi connectivity index (χ2v) is 8.23. The highest BCUT2D eigenvalue weighted by molar-refractivity contribution is 5.94. The average molecular weight is 467 g/mol. The van der Waals surface area contributed by atoms with Crippen molar-refractivity contribution in [3.8, 4) is 28.1 Å². The molecule has 0 bridgehead atoms. The fourth-order valence-corrected chi connectivity index (χ4v) is 3.88. The van der Waals surface area contributed by atoms with Crippen molar-refractivity contribution in [2.24, 2.45) is 0 Å². The van der Waals surface area contributed by atoms with Crippen LogP contribution in [0.1, 0.15) is 34.1 Å². The van der Waals surface area contributed by atoms with E-state index in [0.29, 0.717) is 11.4 Å². The Labute approximate surface area is 204 Å². The van der Waals surface area contributed by atoms with Gasteiger partial charge in [0.2, 0.25) is 0 Å². The van der Waals surface area contributed by atoms with E-state index in [1.54, 1.807) is 19.2 Å². The maximum atomic E-state index is 13.1. The van der Waals surface area contributed by atoms with Gasteiger partial charge in [-0.25, -0.2) is 4.98 Å². The molecular formula is C29H26N2O4. The summed E-state index contributed by atoms with van der Waals surface area (Å²) in [5, 5.41) is 12.2. The molecule has 4 aromatic rings. The van der Waals surface area contributed by atoms with E-state index in [1.807, 2.05) is 85.8 Å². The summed E-state index contributed by atoms with van der Waals surface area (Å²) >= 11 is 0. The van der Waals surface area contributed by atoms with Gasteiger partial charge in [-0.2, -0.15) is 0 Å². The monoisotopic (exact) mass is 466 g/mol. The number of aromatic nitrogens is 1. The number of methoxy groups -OCH3 is 1. The summed E-state index contributed by atoms with van der Waals surface area (Å²) in [4.78, 5) is 29.2. The minimum absolute atomic E-state index is 0.174. The van der Waals surface area contributed by atoms with Crippen LogP contribution in [0.2, 0.25) is 0 Å². The van der Waals surface area contributed by atoms with Crippen molar-refractivity contribution in [2.75, 3.05) is 7.11 Å². The van der Waals surface area contributed by atoms with Gasteiger partial charge in [0.25, 0.3) is 5.91 Å². The number of aryl methyl sites for hydroxylation is 1. The van der Waals surface area contributed by atoms with E-state index in [2.05, 4.69) is 10.3 Å². The maximum Gasteiger partial charge on any atom is 0.305 e. The summed E-state index contributed by atoms with van der Waals surface area (Å²) in [6.07, 6.45) is -0.239. The number of hydrogen-bond donors (Lipinski definition) is 2. The van der Waals surface area contributed by atoms with Crippen molar-refractivity contribution < 1.29 is 19.4 Å². The molecule has 0 aliphatic rings.